The summed E-state index contributed by atoms with van der Waals surface area (Å²) in [5.41, 5.74) is 2.94. The maximum Gasteiger partial charge on any atom is 0.251 e. The molecule has 0 bridgehead atoms. The molecule has 1 amide bonds. The first-order valence-electron chi connectivity index (χ1n) is 8.39. The van der Waals surface area contributed by atoms with Crippen molar-refractivity contribution in [3.63, 3.8) is 0 Å². The van der Waals surface area contributed by atoms with Crippen molar-refractivity contribution in [2.75, 3.05) is 13.2 Å². The second-order valence-corrected chi connectivity index (χ2v) is 6.08. The Balaban J connectivity index is 1.50. The molecule has 0 spiro atoms. The third-order valence-corrected chi connectivity index (χ3v) is 4.28. The first-order valence-corrected chi connectivity index (χ1v) is 8.39. The summed E-state index contributed by atoms with van der Waals surface area (Å²) in [6.45, 7) is 3.97. The van der Waals surface area contributed by atoms with Gasteiger partial charge in [0.15, 0.2) is 0 Å². The Labute approximate surface area is 142 Å². The summed E-state index contributed by atoms with van der Waals surface area (Å²) >= 11 is 0. The minimum atomic E-state index is -0.0797. The second kappa shape index (κ2) is 7.97. The lowest BCUT2D eigenvalue weighted by molar-refractivity contribution is 0.0679. The van der Waals surface area contributed by atoms with Gasteiger partial charge < -0.3 is 14.8 Å². The van der Waals surface area contributed by atoms with Gasteiger partial charge in [0.25, 0.3) is 5.91 Å². The summed E-state index contributed by atoms with van der Waals surface area (Å²) in [6.07, 6.45) is 2.36. The molecule has 24 heavy (non-hydrogen) atoms. The minimum absolute atomic E-state index is 0.0797. The number of benzene rings is 2. The van der Waals surface area contributed by atoms with Gasteiger partial charge in [0, 0.05) is 18.7 Å². The molecular formula is C20H23NO3. The fraction of sp³-hybridized carbons (Fsp3) is 0.350. The Morgan fingerprint density at radius 1 is 1.21 bits per heavy atom. The SMILES string of the molecule is Cc1ccccc1CNC(=O)c1ccc(OCC2CCCO2)cc1. The average molecular weight is 325 g/mol. The van der Waals surface area contributed by atoms with E-state index in [1.807, 2.05) is 43.3 Å². The van der Waals surface area contributed by atoms with Gasteiger partial charge in [-0.3, -0.25) is 4.79 Å². The molecule has 1 unspecified atom stereocenters. The van der Waals surface area contributed by atoms with Crippen LogP contribution in [0.15, 0.2) is 48.5 Å². The smallest absolute Gasteiger partial charge is 0.251 e. The predicted octanol–water partition coefficient (Wildman–Crippen LogP) is 3.48. The van der Waals surface area contributed by atoms with Gasteiger partial charge in [-0.25, -0.2) is 0 Å². The van der Waals surface area contributed by atoms with Crippen molar-refractivity contribution in [2.45, 2.75) is 32.4 Å². The number of hydrogen-bond acceptors (Lipinski definition) is 3. The lowest BCUT2D eigenvalue weighted by atomic mass is 10.1. The van der Waals surface area contributed by atoms with E-state index in [0.717, 1.165) is 30.8 Å². The third-order valence-electron chi connectivity index (χ3n) is 4.28. The van der Waals surface area contributed by atoms with Crippen molar-refractivity contribution in [1.82, 2.24) is 5.32 Å². The van der Waals surface area contributed by atoms with Crippen LogP contribution in [0.1, 0.15) is 34.3 Å². The second-order valence-electron chi connectivity index (χ2n) is 6.08. The van der Waals surface area contributed by atoms with Crippen LogP contribution in [0.3, 0.4) is 0 Å². The maximum absolute atomic E-state index is 12.2. The highest BCUT2D eigenvalue weighted by molar-refractivity contribution is 5.94. The number of ether oxygens (including phenoxy) is 2. The Bertz CT molecular complexity index is 676. The molecule has 4 heteroatoms. The van der Waals surface area contributed by atoms with E-state index in [9.17, 15) is 4.79 Å². The van der Waals surface area contributed by atoms with E-state index in [1.54, 1.807) is 12.1 Å². The minimum Gasteiger partial charge on any atom is -0.491 e. The van der Waals surface area contributed by atoms with Crippen molar-refractivity contribution in [1.29, 1.82) is 0 Å². The fourth-order valence-corrected chi connectivity index (χ4v) is 2.75. The molecule has 1 heterocycles. The third kappa shape index (κ3) is 4.36. The number of rotatable bonds is 6. The van der Waals surface area contributed by atoms with Gasteiger partial charge in [-0.2, -0.15) is 0 Å². The average Bonchev–Trinajstić information content (AvgIpc) is 3.13. The first-order chi connectivity index (χ1) is 11.7. The van der Waals surface area contributed by atoms with E-state index >= 15 is 0 Å². The number of hydrogen-bond donors (Lipinski definition) is 1. The fourth-order valence-electron chi connectivity index (χ4n) is 2.75. The molecule has 1 aliphatic rings. The molecule has 126 valence electrons. The largest absolute Gasteiger partial charge is 0.491 e. The van der Waals surface area contributed by atoms with Crippen LogP contribution in [0.2, 0.25) is 0 Å². The summed E-state index contributed by atoms with van der Waals surface area (Å²) in [6, 6.07) is 15.3. The molecule has 2 aromatic carbocycles. The summed E-state index contributed by atoms with van der Waals surface area (Å²) in [4.78, 5) is 12.2. The maximum atomic E-state index is 12.2. The molecule has 1 atom stereocenters. The van der Waals surface area contributed by atoms with Gasteiger partial charge in [0.05, 0.1) is 6.10 Å². The molecule has 1 fully saturated rings. The van der Waals surface area contributed by atoms with Crippen LogP contribution >= 0.6 is 0 Å². The molecule has 3 rings (SSSR count). The van der Waals surface area contributed by atoms with E-state index in [2.05, 4.69) is 5.32 Å². The lowest BCUT2D eigenvalue weighted by Crippen LogP contribution is -2.23. The monoisotopic (exact) mass is 325 g/mol. The van der Waals surface area contributed by atoms with Crippen molar-refractivity contribution in [3.8, 4) is 5.75 Å². The summed E-state index contributed by atoms with van der Waals surface area (Å²) in [7, 11) is 0. The van der Waals surface area contributed by atoms with Crippen LogP contribution < -0.4 is 10.1 Å². The van der Waals surface area contributed by atoms with Crippen molar-refractivity contribution in [3.05, 3.63) is 65.2 Å². The van der Waals surface area contributed by atoms with E-state index in [1.165, 1.54) is 5.56 Å². The highest BCUT2D eigenvalue weighted by atomic mass is 16.5. The highest BCUT2D eigenvalue weighted by Gasteiger charge is 2.16. The van der Waals surface area contributed by atoms with Gasteiger partial charge in [0.1, 0.15) is 12.4 Å². The molecule has 0 aliphatic carbocycles. The molecular weight excluding hydrogens is 302 g/mol. The Morgan fingerprint density at radius 3 is 2.71 bits per heavy atom. The molecule has 0 radical (unpaired) electrons. The predicted molar refractivity (Wildman–Crippen MR) is 93.3 cm³/mol. The van der Waals surface area contributed by atoms with Gasteiger partial charge in [-0.1, -0.05) is 24.3 Å². The number of carbonyl (C=O) groups is 1. The number of amides is 1. The van der Waals surface area contributed by atoms with E-state index in [0.29, 0.717) is 18.7 Å². The topological polar surface area (TPSA) is 47.6 Å². The Morgan fingerprint density at radius 2 is 2.00 bits per heavy atom. The number of aryl methyl sites for hydroxylation is 1. The number of carbonyl (C=O) groups excluding carboxylic acids is 1. The van der Waals surface area contributed by atoms with Crippen LogP contribution in [-0.4, -0.2) is 25.2 Å². The Hall–Kier alpha value is -2.33. The standard InChI is InChI=1S/C20H23NO3/c1-15-5-2-3-6-17(15)13-21-20(22)16-8-10-18(11-9-16)24-14-19-7-4-12-23-19/h2-3,5-6,8-11,19H,4,7,12-14H2,1H3,(H,21,22). The van der Waals surface area contributed by atoms with Gasteiger partial charge in [-0.15, -0.1) is 0 Å². The van der Waals surface area contributed by atoms with Gasteiger partial charge in [0.2, 0.25) is 0 Å². The van der Waals surface area contributed by atoms with Gasteiger partial charge in [-0.05, 0) is 55.2 Å². The summed E-state index contributed by atoms with van der Waals surface area (Å²) < 4.78 is 11.2. The van der Waals surface area contributed by atoms with Crippen molar-refractivity contribution < 1.29 is 14.3 Å². The van der Waals surface area contributed by atoms with Crippen molar-refractivity contribution >= 4 is 5.91 Å². The molecule has 1 saturated heterocycles. The summed E-state index contributed by atoms with van der Waals surface area (Å²) in [5, 5.41) is 2.95. The zero-order valence-electron chi connectivity index (χ0n) is 14.0. The Kier molecular flexibility index (Phi) is 5.49. The van der Waals surface area contributed by atoms with Crippen LogP contribution in [0.4, 0.5) is 0 Å². The molecule has 2 aromatic rings. The lowest BCUT2D eigenvalue weighted by Gasteiger charge is -2.12. The normalized spacial score (nSPS) is 16.8. The van der Waals surface area contributed by atoms with Crippen LogP contribution in [0.25, 0.3) is 0 Å². The van der Waals surface area contributed by atoms with Crippen LogP contribution in [0.5, 0.6) is 5.75 Å². The quantitative estimate of drug-likeness (QED) is 0.884. The number of nitrogens with one attached hydrogen (secondary N) is 1. The van der Waals surface area contributed by atoms with Crippen molar-refractivity contribution in [2.24, 2.45) is 0 Å². The van der Waals surface area contributed by atoms with Crippen LogP contribution in [0, 0.1) is 6.92 Å². The van der Waals surface area contributed by atoms with E-state index in [-0.39, 0.29) is 12.0 Å². The van der Waals surface area contributed by atoms with E-state index < -0.39 is 0 Å². The highest BCUT2D eigenvalue weighted by Crippen LogP contribution is 2.16. The molecule has 4 nitrogen and oxygen atoms in total. The molecule has 1 aliphatic heterocycles. The van der Waals surface area contributed by atoms with E-state index in [4.69, 9.17) is 9.47 Å². The zero-order valence-corrected chi connectivity index (χ0v) is 14.0. The van der Waals surface area contributed by atoms with Crippen LogP contribution in [-0.2, 0) is 11.3 Å². The molecule has 1 N–H and O–H groups in total. The molecule has 0 saturated carbocycles. The first kappa shape index (κ1) is 16.5. The molecule has 0 aromatic heterocycles. The van der Waals surface area contributed by atoms with Gasteiger partial charge >= 0.3 is 0 Å². The summed E-state index contributed by atoms with van der Waals surface area (Å²) in [5.74, 6) is 0.685. The zero-order chi connectivity index (χ0) is 16.8.